The van der Waals surface area contributed by atoms with Crippen LogP contribution in [0.5, 0.6) is 5.75 Å². The van der Waals surface area contributed by atoms with Crippen molar-refractivity contribution in [3.8, 4) is 5.75 Å². The van der Waals surface area contributed by atoms with Crippen LogP contribution in [0.2, 0.25) is 0 Å². The van der Waals surface area contributed by atoms with Gasteiger partial charge in [-0.25, -0.2) is 0 Å². The van der Waals surface area contributed by atoms with Crippen molar-refractivity contribution in [1.82, 2.24) is 0 Å². The molecule has 3 atom stereocenters. The number of imide groups is 1. The minimum absolute atomic E-state index is 0.0442. The van der Waals surface area contributed by atoms with Crippen LogP contribution in [0.4, 0.5) is 11.4 Å². The summed E-state index contributed by atoms with van der Waals surface area (Å²) >= 11 is 0. The van der Waals surface area contributed by atoms with E-state index in [2.05, 4.69) is 93.2 Å². The molecule has 1 saturated heterocycles. The Morgan fingerprint density at radius 3 is 2.12 bits per heavy atom. The van der Waals surface area contributed by atoms with Gasteiger partial charge < -0.3 is 9.64 Å². The summed E-state index contributed by atoms with van der Waals surface area (Å²) in [7, 11) is 0. The molecule has 0 N–H and O–H groups in total. The molecule has 2 aromatic carbocycles. The maximum atomic E-state index is 14.2. The third-order valence-corrected chi connectivity index (χ3v) is 11.1. The molecule has 0 radical (unpaired) electrons. The van der Waals surface area contributed by atoms with Gasteiger partial charge in [0.05, 0.1) is 11.6 Å². The van der Waals surface area contributed by atoms with Crippen molar-refractivity contribution < 1.29 is 14.3 Å². The Bertz CT molecular complexity index is 1290. The van der Waals surface area contributed by atoms with Gasteiger partial charge in [-0.3, -0.25) is 14.5 Å². The number of carbonyl (C=O) groups excluding carboxylic acids is 2. The molecule has 0 bridgehead atoms. The Morgan fingerprint density at radius 1 is 0.881 bits per heavy atom. The maximum Gasteiger partial charge on any atom is 0.237 e. The second kappa shape index (κ2) is 11.4. The van der Waals surface area contributed by atoms with Crippen molar-refractivity contribution >= 4 is 23.2 Å². The van der Waals surface area contributed by atoms with Crippen molar-refractivity contribution in [3.63, 3.8) is 0 Å². The third kappa shape index (κ3) is 6.12. The summed E-state index contributed by atoms with van der Waals surface area (Å²) in [6.45, 7) is 26.7. The van der Waals surface area contributed by atoms with Crippen LogP contribution >= 0.6 is 0 Å². The van der Waals surface area contributed by atoms with E-state index in [1.807, 2.05) is 36.4 Å². The number of fused-ring (bicyclic) bond motifs is 1. The third-order valence-electron chi connectivity index (χ3n) is 11.1. The largest absolute Gasteiger partial charge is 0.473 e. The standard InChI is InChI=1S/C37H54N2O3/c1-25(2)37(11,23-35(7,8)36(9,10)26(3)21-34(4,5)6)30-20-32(40)39(33(30)41)29-17-18-31-27(19-29)22-38(24-42-31)28-15-13-12-14-16-28/h12-19,25-26,30H,20-24H2,1-11H3. The lowest BCUT2D eigenvalue weighted by atomic mass is 9.51. The molecule has 0 spiro atoms. The Morgan fingerprint density at radius 2 is 1.52 bits per heavy atom. The van der Waals surface area contributed by atoms with Crippen molar-refractivity contribution in [1.29, 1.82) is 0 Å². The molecule has 2 amide bonds. The topological polar surface area (TPSA) is 49.9 Å². The molecule has 0 aliphatic carbocycles. The molecule has 2 aromatic rings. The molecule has 4 rings (SSSR count). The molecule has 0 aromatic heterocycles. The summed E-state index contributed by atoms with van der Waals surface area (Å²) in [5.74, 6) is 1.03. The van der Waals surface area contributed by atoms with E-state index in [1.165, 1.54) is 4.90 Å². The first-order valence-electron chi connectivity index (χ1n) is 15.8. The van der Waals surface area contributed by atoms with Crippen LogP contribution in [-0.2, 0) is 16.1 Å². The number of hydrogen-bond acceptors (Lipinski definition) is 4. The summed E-state index contributed by atoms with van der Waals surface area (Å²) in [6.07, 6.45) is 2.27. The van der Waals surface area contributed by atoms with Gasteiger partial charge in [-0.05, 0) is 76.7 Å². The van der Waals surface area contributed by atoms with Crippen LogP contribution in [0.3, 0.4) is 0 Å². The van der Waals surface area contributed by atoms with Crippen LogP contribution in [0, 0.1) is 39.4 Å². The van der Waals surface area contributed by atoms with Gasteiger partial charge in [0.15, 0.2) is 6.73 Å². The van der Waals surface area contributed by atoms with Crippen LogP contribution in [-0.4, -0.2) is 18.5 Å². The highest BCUT2D eigenvalue weighted by molar-refractivity contribution is 6.21. The quantitative estimate of drug-likeness (QED) is 0.280. The summed E-state index contributed by atoms with van der Waals surface area (Å²) in [5, 5.41) is 0. The molecule has 1 fully saturated rings. The molecular formula is C37H54N2O3. The van der Waals surface area contributed by atoms with E-state index in [-0.39, 0.29) is 51.7 Å². The Kier molecular flexibility index (Phi) is 8.68. The number of para-hydroxylation sites is 1. The van der Waals surface area contributed by atoms with E-state index in [9.17, 15) is 9.59 Å². The Hall–Kier alpha value is -2.82. The lowest BCUT2D eigenvalue weighted by Gasteiger charge is -2.53. The first kappa shape index (κ1) is 32.1. The van der Waals surface area contributed by atoms with Gasteiger partial charge >= 0.3 is 0 Å². The van der Waals surface area contributed by atoms with Crippen LogP contribution in [0.25, 0.3) is 0 Å². The predicted octanol–water partition coefficient (Wildman–Crippen LogP) is 9.10. The van der Waals surface area contributed by atoms with E-state index in [0.29, 0.717) is 24.9 Å². The lowest BCUT2D eigenvalue weighted by Crippen LogP contribution is -2.47. The van der Waals surface area contributed by atoms with Gasteiger partial charge in [0.25, 0.3) is 0 Å². The van der Waals surface area contributed by atoms with Crippen molar-refractivity contribution in [2.75, 3.05) is 16.5 Å². The Balaban J connectivity index is 1.59. The summed E-state index contributed by atoms with van der Waals surface area (Å²) in [4.78, 5) is 31.5. The van der Waals surface area contributed by atoms with Crippen LogP contribution in [0.15, 0.2) is 48.5 Å². The number of rotatable bonds is 9. The first-order valence-corrected chi connectivity index (χ1v) is 15.8. The highest BCUT2D eigenvalue weighted by Crippen LogP contribution is 2.57. The zero-order valence-electron chi connectivity index (χ0n) is 28.0. The smallest absolute Gasteiger partial charge is 0.237 e. The van der Waals surface area contributed by atoms with Gasteiger partial charge in [-0.15, -0.1) is 0 Å². The number of carbonyl (C=O) groups is 2. The zero-order valence-corrected chi connectivity index (χ0v) is 28.0. The van der Waals surface area contributed by atoms with E-state index in [4.69, 9.17) is 4.74 Å². The monoisotopic (exact) mass is 574 g/mol. The van der Waals surface area contributed by atoms with Crippen molar-refractivity contribution in [2.45, 2.75) is 102 Å². The molecule has 5 nitrogen and oxygen atoms in total. The molecule has 0 saturated carbocycles. The van der Waals surface area contributed by atoms with Crippen LogP contribution in [0.1, 0.15) is 101 Å². The number of anilines is 2. The van der Waals surface area contributed by atoms with E-state index in [0.717, 1.165) is 29.8 Å². The molecule has 3 unspecified atom stereocenters. The van der Waals surface area contributed by atoms with Gasteiger partial charge in [0.1, 0.15) is 5.75 Å². The molecule has 2 aliphatic rings. The average molecular weight is 575 g/mol. The van der Waals surface area contributed by atoms with Gasteiger partial charge in [0.2, 0.25) is 11.8 Å². The predicted molar refractivity (Wildman–Crippen MR) is 174 cm³/mol. The number of amides is 2. The van der Waals surface area contributed by atoms with E-state index in [1.54, 1.807) is 0 Å². The fraction of sp³-hybridized carbons (Fsp3) is 0.622. The fourth-order valence-corrected chi connectivity index (χ4v) is 7.34. The van der Waals surface area contributed by atoms with Gasteiger partial charge in [-0.1, -0.05) is 94.4 Å². The zero-order chi connectivity index (χ0) is 31.3. The first-order chi connectivity index (χ1) is 19.4. The second-order valence-electron chi connectivity index (χ2n) is 16.0. The fourth-order valence-electron chi connectivity index (χ4n) is 7.34. The normalized spacial score (nSPS) is 20.4. The molecular weight excluding hydrogens is 520 g/mol. The SMILES string of the molecule is CC(C)C(C)(CC(C)(C)C(C)(C)C(C)CC(C)(C)C)C1CC(=O)N(c2ccc3c(c2)CN(c2ccccc2)CO3)C1=O. The number of nitrogens with zero attached hydrogens (tertiary/aromatic N) is 2. The van der Waals surface area contributed by atoms with Gasteiger partial charge in [0, 0.05) is 24.2 Å². The lowest BCUT2D eigenvalue weighted by molar-refractivity contribution is -0.127. The number of hydrogen-bond donors (Lipinski definition) is 0. The molecule has 42 heavy (non-hydrogen) atoms. The van der Waals surface area contributed by atoms with Crippen LogP contribution < -0.4 is 14.5 Å². The number of ether oxygens (including phenoxy) is 1. The second-order valence-corrected chi connectivity index (χ2v) is 16.0. The molecule has 2 aliphatic heterocycles. The number of benzene rings is 2. The van der Waals surface area contributed by atoms with E-state index < -0.39 is 0 Å². The highest BCUT2D eigenvalue weighted by atomic mass is 16.5. The molecule has 230 valence electrons. The summed E-state index contributed by atoms with van der Waals surface area (Å²) in [6, 6.07) is 15.9. The maximum absolute atomic E-state index is 14.2. The van der Waals surface area contributed by atoms with Gasteiger partial charge in [-0.2, -0.15) is 0 Å². The summed E-state index contributed by atoms with van der Waals surface area (Å²) < 4.78 is 6.04. The average Bonchev–Trinajstić information content (AvgIpc) is 3.21. The summed E-state index contributed by atoms with van der Waals surface area (Å²) in [5.41, 5.74) is 2.63. The minimum atomic E-state index is -0.355. The van der Waals surface area contributed by atoms with E-state index >= 15 is 0 Å². The minimum Gasteiger partial charge on any atom is -0.473 e. The molecule has 2 heterocycles. The van der Waals surface area contributed by atoms with Crippen molar-refractivity contribution in [3.05, 3.63) is 54.1 Å². The van der Waals surface area contributed by atoms with Crippen molar-refractivity contribution in [2.24, 2.45) is 39.4 Å². The molecule has 5 heteroatoms. The Labute approximate surface area is 255 Å². The highest BCUT2D eigenvalue weighted by Gasteiger charge is 2.54.